The largest absolute Gasteiger partial charge is 0.329 e. The number of non-ortho nitro benzene ring substituents is 1. The highest BCUT2D eigenvalue weighted by Gasteiger charge is 2.35. The number of aromatic nitrogens is 1. The van der Waals surface area contributed by atoms with Gasteiger partial charge in [-0.1, -0.05) is 18.2 Å². The minimum Gasteiger partial charge on any atom is -0.322 e. The van der Waals surface area contributed by atoms with Crippen LogP contribution in [0, 0.1) is 29.8 Å². The number of amides is 4. The molecule has 0 aliphatic carbocycles. The van der Waals surface area contributed by atoms with E-state index in [-0.39, 0.29) is 17.1 Å². The molecule has 2 heterocycles. The number of nitro benzene ring substituents is 1. The monoisotopic (exact) mass is 477 g/mol. The van der Waals surface area contributed by atoms with Gasteiger partial charge in [-0.25, -0.2) is 14.1 Å². The van der Waals surface area contributed by atoms with Gasteiger partial charge in [0.25, 0.3) is 11.6 Å². The highest BCUT2D eigenvalue weighted by molar-refractivity contribution is 6.16. The van der Waals surface area contributed by atoms with Gasteiger partial charge in [-0.3, -0.25) is 19.7 Å². The quantitative estimate of drug-likeness (QED) is 0.242. The zero-order chi connectivity index (χ0) is 25.3. The Morgan fingerprint density at radius 1 is 1.14 bits per heavy atom. The highest BCUT2D eigenvalue weighted by atomic mass is 19.1. The number of nitrogens with zero attached hydrogens (tertiary/aromatic N) is 3. The van der Waals surface area contributed by atoms with Crippen LogP contribution in [-0.2, 0) is 9.59 Å². The summed E-state index contributed by atoms with van der Waals surface area (Å²) >= 11 is 0. The maximum Gasteiger partial charge on any atom is 0.329 e. The Balaban J connectivity index is 1.55. The van der Waals surface area contributed by atoms with Crippen LogP contribution < -0.4 is 10.6 Å². The Hall–Kier alpha value is -4.80. The lowest BCUT2D eigenvalue weighted by atomic mass is 10.2. The van der Waals surface area contributed by atoms with Crippen molar-refractivity contribution in [3.63, 3.8) is 0 Å². The lowest BCUT2D eigenvalue weighted by Gasteiger charge is -2.12. The summed E-state index contributed by atoms with van der Waals surface area (Å²) in [6.45, 7) is 2.99. The van der Waals surface area contributed by atoms with Gasteiger partial charge in [0.1, 0.15) is 18.1 Å². The zero-order valence-corrected chi connectivity index (χ0v) is 18.7. The molecule has 1 fully saturated rings. The van der Waals surface area contributed by atoms with Gasteiger partial charge in [-0.2, -0.15) is 0 Å². The van der Waals surface area contributed by atoms with Crippen molar-refractivity contribution in [3.05, 3.63) is 93.2 Å². The first-order valence-corrected chi connectivity index (χ1v) is 10.5. The maximum absolute atomic E-state index is 13.8. The number of urea groups is 1. The Labute approximate surface area is 198 Å². The summed E-state index contributed by atoms with van der Waals surface area (Å²) in [5.41, 5.74) is 2.47. The normalized spacial score (nSPS) is 14.4. The van der Waals surface area contributed by atoms with E-state index in [0.29, 0.717) is 16.9 Å². The number of nitro groups is 1. The second-order valence-electron chi connectivity index (χ2n) is 7.85. The third-order valence-corrected chi connectivity index (χ3v) is 5.48. The summed E-state index contributed by atoms with van der Waals surface area (Å²) in [5, 5.41) is 15.9. The first-order chi connectivity index (χ1) is 16.7. The number of aryl methyl sites for hydroxylation is 1. The second kappa shape index (κ2) is 9.21. The van der Waals surface area contributed by atoms with Crippen LogP contribution in [0.25, 0.3) is 11.8 Å². The van der Waals surface area contributed by atoms with Crippen molar-refractivity contribution in [3.8, 4) is 5.69 Å². The number of carbonyl (C=O) groups excluding carboxylic acids is 3. The number of nitrogens with one attached hydrogen (secondary N) is 2. The number of benzene rings is 2. The number of hydrogen-bond acceptors (Lipinski definition) is 5. The van der Waals surface area contributed by atoms with Gasteiger partial charge in [0.05, 0.1) is 16.3 Å². The Bertz CT molecular complexity index is 1410. The van der Waals surface area contributed by atoms with E-state index in [1.54, 1.807) is 29.7 Å². The van der Waals surface area contributed by atoms with Gasteiger partial charge < -0.3 is 15.2 Å². The highest BCUT2D eigenvalue weighted by Crippen LogP contribution is 2.26. The Kier molecular flexibility index (Phi) is 6.15. The summed E-state index contributed by atoms with van der Waals surface area (Å²) in [7, 11) is 0. The number of carbonyl (C=O) groups is 3. The third kappa shape index (κ3) is 4.64. The molecule has 2 aromatic carbocycles. The van der Waals surface area contributed by atoms with E-state index in [4.69, 9.17) is 0 Å². The van der Waals surface area contributed by atoms with Crippen molar-refractivity contribution in [1.29, 1.82) is 0 Å². The first-order valence-electron chi connectivity index (χ1n) is 10.5. The van der Waals surface area contributed by atoms with Crippen LogP contribution in [0.3, 0.4) is 0 Å². The molecule has 11 heteroatoms. The van der Waals surface area contributed by atoms with Crippen LogP contribution in [-0.4, -0.2) is 38.8 Å². The van der Waals surface area contributed by atoms with E-state index in [9.17, 15) is 28.9 Å². The maximum atomic E-state index is 13.8. The fourth-order valence-corrected chi connectivity index (χ4v) is 3.84. The van der Waals surface area contributed by atoms with Crippen LogP contribution in [0.15, 0.2) is 60.3 Å². The Morgan fingerprint density at radius 2 is 1.89 bits per heavy atom. The van der Waals surface area contributed by atoms with Crippen molar-refractivity contribution < 1.29 is 23.7 Å². The molecule has 1 saturated heterocycles. The molecule has 3 aromatic rings. The summed E-state index contributed by atoms with van der Waals surface area (Å²) in [4.78, 5) is 48.8. The molecule has 1 aliphatic heterocycles. The summed E-state index contributed by atoms with van der Waals surface area (Å²) in [6.07, 6.45) is 1.48. The molecule has 0 atom stereocenters. The second-order valence-corrected chi connectivity index (χ2v) is 7.85. The molecule has 178 valence electrons. The molecule has 4 rings (SSSR count). The van der Waals surface area contributed by atoms with Crippen molar-refractivity contribution in [2.75, 3.05) is 11.9 Å². The molecule has 0 saturated carbocycles. The molecule has 0 bridgehead atoms. The van der Waals surface area contributed by atoms with Crippen LogP contribution in [0.2, 0.25) is 0 Å². The fourth-order valence-electron chi connectivity index (χ4n) is 3.84. The lowest BCUT2D eigenvalue weighted by Crippen LogP contribution is -2.38. The van der Waals surface area contributed by atoms with Gasteiger partial charge in [0, 0.05) is 23.5 Å². The van der Waals surface area contributed by atoms with E-state index in [1.165, 1.54) is 42.5 Å². The summed E-state index contributed by atoms with van der Waals surface area (Å²) in [5.74, 6) is -2.08. The number of rotatable bonds is 6. The van der Waals surface area contributed by atoms with E-state index < -0.39 is 35.1 Å². The molecule has 1 aliphatic rings. The first kappa shape index (κ1) is 23.4. The third-order valence-electron chi connectivity index (χ3n) is 5.48. The number of para-hydroxylation sites is 1. The molecule has 0 unspecified atom stereocenters. The molecule has 35 heavy (non-hydrogen) atoms. The summed E-state index contributed by atoms with van der Waals surface area (Å²) < 4.78 is 15.6. The lowest BCUT2D eigenvalue weighted by molar-refractivity contribution is -0.384. The predicted molar refractivity (Wildman–Crippen MR) is 125 cm³/mol. The van der Waals surface area contributed by atoms with Crippen molar-refractivity contribution in [2.45, 2.75) is 13.8 Å². The van der Waals surface area contributed by atoms with Crippen LogP contribution in [0.5, 0.6) is 0 Å². The predicted octanol–water partition coefficient (Wildman–Crippen LogP) is 3.67. The molecule has 10 nitrogen and oxygen atoms in total. The molecule has 2 N–H and O–H groups in total. The molecule has 0 radical (unpaired) electrons. The number of imide groups is 1. The number of halogens is 1. The zero-order valence-electron chi connectivity index (χ0n) is 18.7. The van der Waals surface area contributed by atoms with Gasteiger partial charge in [-0.15, -0.1) is 0 Å². The summed E-state index contributed by atoms with van der Waals surface area (Å²) in [6, 6.07) is 12.7. The minimum absolute atomic E-state index is 0.0343. The van der Waals surface area contributed by atoms with Crippen LogP contribution >= 0.6 is 0 Å². The molecular formula is C24H20FN5O5. The topological polar surface area (TPSA) is 127 Å². The van der Waals surface area contributed by atoms with Gasteiger partial charge in [0.2, 0.25) is 5.91 Å². The van der Waals surface area contributed by atoms with Gasteiger partial charge in [0.15, 0.2) is 0 Å². The molecule has 4 amide bonds. The molecule has 1 aromatic heterocycles. The average molecular weight is 477 g/mol. The number of hydrogen-bond donors (Lipinski definition) is 2. The standard InChI is InChI=1S/C24H20FN5O5/c1-14-10-16(15(2)29(14)17-6-5-7-18(12-17)30(34)35)11-21-23(32)28(24(33)27-21)13-22(31)26-20-9-4-3-8-19(20)25/h3-12H,13H2,1-2H3,(H,26,31)(H,27,33)/b21-11+. The van der Waals surface area contributed by atoms with Crippen LogP contribution in [0.4, 0.5) is 20.6 Å². The fraction of sp³-hybridized carbons (Fsp3) is 0.125. The SMILES string of the molecule is Cc1cc(/C=C2/NC(=O)N(CC(=O)Nc3ccccc3F)C2=O)c(C)n1-c1cccc([N+](=O)[O-])c1. The van der Waals surface area contributed by atoms with Crippen LogP contribution in [0.1, 0.15) is 17.0 Å². The Morgan fingerprint density at radius 3 is 2.60 bits per heavy atom. The van der Waals surface area contributed by atoms with Crippen molar-refractivity contribution in [1.82, 2.24) is 14.8 Å². The molecular weight excluding hydrogens is 457 g/mol. The average Bonchev–Trinajstić information content (AvgIpc) is 3.24. The number of anilines is 1. The smallest absolute Gasteiger partial charge is 0.322 e. The van der Waals surface area contributed by atoms with Crippen molar-refractivity contribution in [2.24, 2.45) is 0 Å². The van der Waals surface area contributed by atoms with E-state index >= 15 is 0 Å². The minimum atomic E-state index is -0.780. The van der Waals surface area contributed by atoms with Crippen molar-refractivity contribution >= 4 is 35.3 Å². The van der Waals surface area contributed by atoms with E-state index in [1.807, 2.05) is 6.92 Å². The van der Waals surface area contributed by atoms with Gasteiger partial charge in [-0.05, 0) is 49.8 Å². The van der Waals surface area contributed by atoms with Gasteiger partial charge >= 0.3 is 6.03 Å². The van der Waals surface area contributed by atoms with E-state index in [0.717, 1.165) is 10.6 Å². The molecule has 0 spiro atoms. The van der Waals surface area contributed by atoms with E-state index in [2.05, 4.69) is 10.6 Å².